The van der Waals surface area contributed by atoms with Crippen molar-refractivity contribution in [2.24, 2.45) is 0 Å². The zero-order chi connectivity index (χ0) is 28.3. The van der Waals surface area contributed by atoms with E-state index in [-0.39, 0.29) is 23.5 Å². The summed E-state index contributed by atoms with van der Waals surface area (Å²) in [6.07, 6.45) is 0.0445. The molecule has 0 unspecified atom stereocenters. The van der Waals surface area contributed by atoms with E-state index in [1.807, 2.05) is 12.1 Å². The van der Waals surface area contributed by atoms with Crippen molar-refractivity contribution in [3.63, 3.8) is 0 Å². The molecule has 13 heteroatoms. The molecule has 0 spiro atoms. The molecule has 6 rings (SSSR count). The van der Waals surface area contributed by atoms with Crippen LogP contribution in [0.5, 0.6) is 17.4 Å². The Bertz CT molecular complexity index is 1820. The fourth-order valence-corrected chi connectivity index (χ4v) is 3.67. The highest BCUT2D eigenvalue weighted by Gasteiger charge is 2.30. The van der Waals surface area contributed by atoms with Gasteiger partial charge in [-0.25, -0.2) is 29.9 Å². The maximum absolute atomic E-state index is 12.7. The first-order valence-electron chi connectivity index (χ1n) is 11.6. The number of anilines is 2. The number of fused-ring (bicyclic) bond motifs is 2. The summed E-state index contributed by atoms with van der Waals surface area (Å²) in [7, 11) is 0. The van der Waals surface area contributed by atoms with E-state index in [0.29, 0.717) is 28.0 Å². The smallest absolute Gasteiger partial charge is 0.416 e. The number of hydrogen-bond donors (Lipinski definition) is 3. The normalized spacial score (nSPS) is 11.2. The van der Waals surface area contributed by atoms with Crippen molar-refractivity contribution in [2.75, 3.05) is 11.5 Å². The van der Waals surface area contributed by atoms with Gasteiger partial charge in [0.25, 0.3) is 0 Å². The van der Waals surface area contributed by atoms with Crippen LogP contribution in [-0.4, -0.2) is 35.0 Å². The molecular formula is C27H19F3N8O2. The van der Waals surface area contributed by atoms with Crippen LogP contribution in [0.2, 0.25) is 0 Å². The van der Waals surface area contributed by atoms with Crippen LogP contribution in [-0.2, 0) is 6.18 Å². The van der Waals surface area contributed by atoms with E-state index < -0.39 is 11.7 Å². The summed E-state index contributed by atoms with van der Waals surface area (Å²) in [4.78, 5) is 24.0. The predicted octanol–water partition coefficient (Wildman–Crippen LogP) is 5.40. The summed E-state index contributed by atoms with van der Waals surface area (Å²) >= 11 is 0. The summed E-state index contributed by atoms with van der Waals surface area (Å²) < 4.78 is 44.0. The third-order valence-corrected chi connectivity index (χ3v) is 5.57. The third kappa shape index (κ3) is 5.78. The molecule has 10 nitrogen and oxygen atoms in total. The van der Waals surface area contributed by atoms with Gasteiger partial charge in [-0.15, -0.1) is 0 Å². The highest BCUT2D eigenvalue weighted by atomic mass is 19.4. The molecule has 200 valence electrons. The standard InChI is InChI=1S/C19H12F3N5O.C8H7N3O/c20-19(21,22)13-6-4-11(5-7-13)14-8-16(26-10-25-14)28-15-3-1-2-12-9-24-18(23)27-17(12)15;9-8-10-4-5-2-1-3-6(12)7(5)11-8/h1-10H,(H2,23,24,27);1-4,12H,(H2,9,10,11). The molecule has 0 atom stereocenters. The molecule has 3 aromatic carbocycles. The second-order valence-electron chi connectivity index (χ2n) is 8.28. The van der Waals surface area contributed by atoms with Crippen LogP contribution < -0.4 is 16.2 Å². The van der Waals surface area contributed by atoms with Crippen LogP contribution >= 0.6 is 0 Å². The lowest BCUT2D eigenvalue weighted by Gasteiger charge is -2.09. The molecule has 0 fully saturated rings. The Kier molecular flexibility index (Phi) is 6.93. The average molecular weight is 544 g/mol. The van der Waals surface area contributed by atoms with Crippen LogP contribution in [0.25, 0.3) is 33.1 Å². The number of alkyl halides is 3. The number of rotatable bonds is 3. The molecule has 0 amide bonds. The molecule has 0 aliphatic carbocycles. The van der Waals surface area contributed by atoms with Gasteiger partial charge in [0.15, 0.2) is 5.75 Å². The van der Waals surface area contributed by atoms with Gasteiger partial charge >= 0.3 is 6.18 Å². The second kappa shape index (κ2) is 10.6. The fraction of sp³-hybridized carbons (Fsp3) is 0.0370. The molecule has 0 saturated heterocycles. The van der Waals surface area contributed by atoms with E-state index in [0.717, 1.165) is 22.9 Å². The first-order valence-corrected chi connectivity index (χ1v) is 11.6. The number of phenolic OH excluding ortho intramolecular Hbond substituents is 1. The van der Waals surface area contributed by atoms with Crippen LogP contribution in [0.3, 0.4) is 0 Å². The van der Waals surface area contributed by atoms with Crippen molar-refractivity contribution < 1.29 is 23.0 Å². The second-order valence-corrected chi connectivity index (χ2v) is 8.28. The van der Waals surface area contributed by atoms with Gasteiger partial charge < -0.3 is 21.3 Å². The first-order chi connectivity index (χ1) is 19.2. The quantitative estimate of drug-likeness (QED) is 0.263. The molecule has 0 aliphatic rings. The summed E-state index contributed by atoms with van der Waals surface area (Å²) in [6, 6.07) is 16.6. The molecule has 0 saturated carbocycles. The van der Waals surface area contributed by atoms with Gasteiger partial charge in [0.1, 0.15) is 23.1 Å². The highest BCUT2D eigenvalue weighted by molar-refractivity contribution is 5.85. The van der Waals surface area contributed by atoms with Crippen molar-refractivity contribution >= 4 is 33.7 Å². The van der Waals surface area contributed by atoms with Gasteiger partial charge in [-0.05, 0) is 24.3 Å². The van der Waals surface area contributed by atoms with E-state index in [1.165, 1.54) is 24.5 Å². The van der Waals surface area contributed by atoms with Crippen molar-refractivity contribution in [3.8, 4) is 28.6 Å². The van der Waals surface area contributed by atoms with Crippen molar-refractivity contribution in [1.29, 1.82) is 0 Å². The van der Waals surface area contributed by atoms with Crippen molar-refractivity contribution in [2.45, 2.75) is 6.18 Å². The molecular weight excluding hydrogens is 525 g/mol. The van der Waals surface area contributed by atoms with E-state index in [9.17, 15) is 18.3 Å². The lowest BCUT2D eigenvalue weighted by Crippen LogP contribution is -2.04. The highest BCUT2D eigenvalue weighted by Crippen LogP contribution is 2.32. The number of nitrogen functional groups attached to an aromatic ring is 2. The summed E-state index contributed by atoms with van der Waals surface area (Å²) in [5, 5.41) is 10.9. The number of para-hydroxylation sites is 2. The number of aromatic nitrogens is 6. The maximum atomic E-state index is 12.7. The Hall–Kier alpha value is -5.59. The molecule has 3 heterocycles. The van der Waals surface area contributed by atoms with Crippen molar-refractivity contribution in [3.05, 3.63) is 91.0 Å². The Morgan fingerprint density at radius 3 is 2.02 bits per heavy atom. The number of nitrogens with two attached hydrogens (primary N) is 2. The SMILES string of the molecule is Nc1ncc2cccc(O)c2n1.Nc1ncc2cccc(Oc3cc(-c4ccc(C(F)(F)F)cc4)ncn3)c2n1. The molecule has 3 aromatic heterocycles. The van der Waals surface area contributed by atoms with Crippen LogP contribution in [0, 0.1) is 0 Å². The van der Waals surface area contributed by atoms with Gasteiger partial charge in [-0.2, -0.15) is 13.2 Å². The number of aromatic hydroxyl groups is 1. The number of hydrogen-bond acceptors (Lipinski definition) is 10. The van der Waals surface area contributed by atoms with E-state index >= 15 is 0 Å². The predicted molar refractivity (Wildman–Crippen MR) is 142 cm³/mol. The summed E-state index contributed by atoms with van der Waals surface area (Å²) in [5.41, 5.74) is 12.2. The Morgan fingerprint density at radius 1 is 0.725 bits per heavy atom. The Morgan fingerprint density at radius 2 is 1.35 bits per heavy atom. The lowest BCUT2D eigenvalue weighted by molar-refractivity contribution is -0.137. The van der Waals surface area contributed by atoms with Crippen molar-refractivity contribution in [1.82, 2.24) is 29.9 Å². The first kappa shape index (κ1) is 26.0. The van der Waals surface area contributed by atoms with E-state index in [2.05, 4.69) is 29.9 Å². The molecule has 5 N–H and O–H groups in total. The van der Waals surface area contributed by atoms with E-state index in [1.54, 1.807) is 36.7 Å². The van der Waals surface area contributed by atoms with Gasteiger partial charge in [0.2, 0.25) is 17.8 Å². The molecule has 6 aromatic rings. The molecule has 0 radical (unpaired) electrons. The van der Waals surface area contributed by atoms with E-state index in [4.69, 9.17) is 16.2 Å². The Balaban J connectivity index is 0.000000223. The zero-order valence-corrected chi connectivity index (χ0v) is 20.4. The summed E-state index contributed by atoms with van der Waals surface area (Å²) in [6.45, 7) is 0. The van der Waals surface area contributed by atoms with Crippen LogP contribution in [0.15, 0.2) is 85.5 Å². The zero-order valence-electron chi connectivity index (χ0n) is 20.4. The third-order valence-electron chi connectivity index (χ3n) is 5.57. The molecule has 40 heavy (non-hydrogen) atoms. The van der Waals surface area contributed by atoms with Gasteiger partial charge in [-0.3, -0.25) is 0 Å². The number of benzene rings is 3. The fourth-order valence-electron chi connectivity index (χ4n) is 3.67. The minimum absolute atomic E-state index is 0.108. The monoisotopic (exact) mass is 544 g/mol. The van der Waals surface area contributed by atoms with Crippen LogP contribution in [0.4, 0.5) is 25.1 Å². The van der Waals surface area contributed by atoms with Gasteiger partial charge in [-0.1, -0.05) is 36.4 Å². The molecule has 0 aliphatic heterocycles. The van der Waals surface area contributed by atoms with Gasteiger partial charge in [0.05, 0.1) is 11.3 Å². The summed E-state index contributed by atoms with van der Waals surface area (Å²) in [5.74, 6) is 1.04. The minimum atomic E-state index is -4.39. The lowest BCUT2D eigenvalue weighted by atomic mass is 10.1. The number of ether oxygens (including phenoxy) is 1. The Labute approximate surface area is 224 Å². The number of nitrogens with zero attached hydrogens (tertiary/aromatic N) is 6. The topological polar surface area (TPSA) is 159 Å². The number of phenols is 1. The largest absolute Gasteiger partial charge is 0.506 e. The van der Waals surface area contributed by atoms with Gasteiger partial charge in [0, 0.05) is 34.8 Å². The average Bonchev–Trinajstić information content (AvgIpc) is 2.94. The minimum Gasteiger partial charge on any atom is -0.506 e. The van der Waals surface area contributed by atoms with Crippen LogP contribution in [0.1, 0.15) is 5.56 Å². The maximum Gasteiger partial charge on any atom is 0.416 e. The molecule has 0 bridgehead atoms. The number of halogens is 3.